The van der Waals surface area contributed by atoms with Gasteiger partial charge in [0.05, 0.1) is 4.90 Å². The van der Waals surface area contributed by atoms with Crippen LogP contribution in [0.1, 0.15) is 38.3 Å². The predicted molar refractivity (Wildman–Crippen MR) is 78.6 cm³/mol. The van der Waals surface area contributed by atoms with Crippen molar-refractivity contribution in [3.63, 3.8) is 0 Å². The Hall–Kier alpha value is -0.980. The van der Waals surface area contributed by atoms with Gasteiger partial charge in [0, 0.05) is 18.2 Å². The van der Waals surface area contributed by atoms with Gasteiger partial charge in [0.25, 0.3) is 0 Å². The van der Waals surface area contributed by atoms with Crippen LogP contribution in [-0.2, 0) is 16.6 Å². The predicted octanol–water partition coefficient (Wildman–Crippen LogP) is 2.32. The molecular weight excluding hydrogens is 279 g/mol. The van der Waals surface area contributed by atoms with E-state index in [1.807, 2.05) is 6.92 Å². The molecule has 0 radical (unpaired) electrons. The molecule has 2 N–H and O–H groups in total. The van der Waals surface area contributed by atoms with Gasteiger partial charge in [-0.1, -0.05) is 6.92 Å². The fourth-order valence-electron chi connectivity index (χ4n) is 1.87. The molecule has 20 heavy (non-hydrogen) atoms. The summed E-state index contributed by atoms with van der Waals surface area (Å²) < 4.78 is 40.8. The number of rotatable bonds is 7. The van der Waals surface area contributed by atoms with Crippen LogP contribution in [0, 0.1) is 12.7 Å². The molecule has 0 unspecified atom stereocenters. The maximum Gasteiger partial charge on any atom is 0.240 e. The van der Waals surface area contributed by atoms with Gasteiger partial charge in [-0.2, -0.15) is 0 Å². The Bertz CT molecular complexity index is 557. The Labute approximate surface area is 120 Å². The number of nitrogens with one attached hydrogen (secondary N) is 2. The van der Waals surface area contributed by atoms with E-state index in [1.165, 1.54) is 12.1 Å². The van der Waals surface area contributed by atoms with Crippen molar-refractivity contribution < 1.29 is 12.8 Å². The quantitative estimate of drug-likeness (QED) is 0.760. The Kier molecular flexibility index (Phi) is 6.10. The SMILES string of the molecule is CCCNCc1cc(S(=O)(=O)NC(C)C)cc(C)c1F. The third-order valence-electron chi connectivity index (χ3n) is 2.75. The van der Waals surface area contributed by atoms with Crippen molar-refractivity contribution >= 4 is 10.0 Å². The van der Waals surface area contributed by atoms with Crippen LogP contribution in [0.3, 0.4) is 0 Å². The highest BCUT2D eigenvalue weighted by Crippen LogP contribution is 2.19. The summed E-state index contributed by atoms with van der Waals surface area (Å²) in [5.41, 5.74) is 0.715. The number of benzene rings is 1. The van der Waals surface area contributed by atoms with Crippen molar-refractivity contribution in [1.29, 1.82) is 0 Å². The van der Waals surface area contributed by atoms with Gasteiger partial charge in [-0.25, -0.2) is 17.5 Å². The molecule has 0 aromatic heterocycles. The molecule has 0 atom stereocenters. The van der Waals surface area contributed by atoms with Gasteiger partial charge in [-0.15, -0.1) is 0 Å². The van der Waals surface area contributed by atoms with Crippen molar-refractivity contribution in [2.75, 3.05) is 6.54 Å². The van der Waals surface area contributed by atoms with Gasteiger partial charge >= 0.3 is 0 Å². The standard InChI is InChI=1S/C14H23FN2O2S/c1-5-6-16-9-12-8-13(7-11(4)14(12)15)20(18,19)17-10(2)3/h7-8,10,16-17H,5-6,9H2,1-4H3. The summed E-state index contributed by atoms with van der Waals surface area (Å²) in [5.74, 6) is -0.350. The topological polar surface area (TPSA) is 58.2 Å². The fourth-order valence-corrected chi connectivity index (χ4v) is 3.25. The van der Waals surface area contributed by atoms with E-state index in [-0.39, 0.29) is 16.8 Å². The summed E-state index contributed by atoms with van der Waals surface area (Å²) in [7, 11) is -3.60. The second-order valence-corrected chi connectivity index (χ2v) is 6.88. The van der Waals surface area contributed by atoms with Gasteiger partial charge < -0.3 is 5.32 Å². The minimum absolute atomic E-state index is 0.110. The maximum absolute atomic E-state index is 14.0. The van der Waals surface area contributed by atoms with Gasteiger partial charge in [-0.05, 0) is 51.4 Å². The lowest BCUT2D eigenvalue weighted by Crippen LogP contribution is -2.30. The van der Waals surface area contributed by atoms with Gasteiger partial charge in [0.2, 0.25) is 10.0 Å². The van der Waals surface area contributed by atoms with E-state index in [2.05, 4.69) is 10.0 Å². The van der Waals surface area contributed by atoms with E-state index >= 15 is 0 Å². The van der Waals surface area contributed by atoms with Crippen molar-refractivity contribution in [2.24, 2.45) is 0 Å². The van der Waals surface area contributed by atoms with Crippen LogP contribution in [0.5, 0.6) is 0 Å². The number of sulfonamides is 1. The van der Waals surface area contributed by atoms with E-state index in [0.29, 0.717) is 17.7 Å². The van der Waals surface area contributed by atoms with Crippen molar-refractivity contribution in [3.8, 4) is 0 Å². The molecule has 114 valence electrons. The molecular formula is C14H23FN2O2S. The van der Waals surface area contributed by atoms with Gasteiger partial charge in [0.15, 0.2) is 0 Å². The average molecular weight is 302 g/mol. The van der Waals surface area contributed by atoms with Gasteiger partial charge in [-0.3, -0.25) is 0 Å². The molecule has 0 saturated carbocycles. The molecule has 0 bridgehead atoms. The van der Waals surface area contributed by atoms with Crippen LogP contribution < -0.4 is 10.0 Å². The van der Waals surface area contributed by atoms with Crippen LogP contribution >= 0.6 is 0 Å². The zero-order chi connectivity index (χ0) is 15.3. The van der Waals surface area contributed by atoms with Crippen LogP contribution in [0.2, 0.25) is 0 Å². The Morgan fingerprint density at radius 3 is 2.50 bits per heavy atom. The van der Waals surface area contributed by atoms with E-state index in [0.717, 1.165) is 13.0 Å². The van der Waals surface area contributed by atoms with Crippen LogP contribution in [0.25, 0.3) is 0 Å². The number of hydrogen-bond donors (Lipinski definition) is 2. The van der Waals surface area contributed by atoms with Crippen LogP contribution in [0.4, 0.5) is 4.39 Å². The maximum atomic E-state index is 14.0. The summed E-state index contributed by atoms with van der Waals surface area (Å²) in [6.07, 6.45) is 0.938. The second-order valence-electron chi connectivity index (χ2n) is 5.17. The molecule has 0 aliphatic carbocycles. The smallest absolute Gasteiger partial charge is 0.240 e. The first-order chi connectivity index (χ1) is 9.27. The van der Waals surface area contributed by atoms with Crippen molar-refractivity contribution in [3.05, 3.63) is 29.1 Å². The van der Waals surface area contributed by atoms with Crippen LogP contribution in [0.15, 0.2) is 17.0 Å². The second kappa shape index (κ2) is 7.15. The monoisotopic (exact) mass is 302 g/mol. The molecule has 0 heterocycles. The minimum Gasteiger partial charge on any atom is -0.313 e. The van der Waals surface area contributed by atoms with Gasteiger partial charge in [0.1, 0.15) is 5.82 Å². The van der Waals surface area contributed by atoms with E-state index in [4.69, 9.17) is 0 Å². The summed E-state index contributed by atoms with van der Waals surface area (Å²) in [5, 5.41) is 3.08. The summed E-state index contributed by atoms with van der Waals surface area (Å²) in [6.45, 7) is 8.18. The molecule has 1 aromatic rings. The molecule has 0 spiro atoms. The largest absolute Gasteiger partial charge is 0.313 e. The normalized spacial score (nSPS) is 12.1. The molecule has 0 amide bonds. The third-order valence-corrected chi connectivity index (χ3v) is 4.38. The number of halogens is 1. The lowest BCUT2D eigenvalue weighted by Gasteiger charge is -2.13. The molecule has 1 rings (SSSR count). The first-order valence-electron chi connectivity index (χ1n) is 6.80. The Morgan fingerprint density at radius 1 is 1.30 bits per heavy atom. The summed E-state index contributed by atoms with van der Waals surface area (Å²) >= 11 is 0. The van der Waals surface area contributed by atoms with Crippen LogP contribution in [-0.4, -0.2) is 21.0 Å². The lowest BCUT2D eigenvalue weighted by molar-refractivity contribution is 0.563. The molecule has 0 fully saturated rings. The van der Waals surface area contributed by atoms with Crippen molar-refractivity contribution in [1.82, 2.24) is 10.0 Å². The Morgan fingerprint density at radius 2 is 1.95 bits per heavy atom. The fraction of sp³-hybridized carbons (Fsp3) is 0.571. The highest BCUT2D eigenvalue weighted by molar-refractivity contribution is 7.89. The molecule has 6 heteroatoms. The van der Waals surface area contributed by atoms with E-state index in [1.54, 1.807) is 20.8 Å². The zero-order valence-electron chi connectivity index (χ0n) is 12.5. The highest BCUT2D eigenvalue weighted by Gasteiger charge is 2.18. The Balaban J connectivity index is 3.10. The molecule has 0 aliphatic rings. The molecule has 0 aliphatic heterocycles. The first kappa shape index (κ1) is 17.1. The van der Waals surface area contributed by atoms with E-state index in [9.17, 15) is 12.8 Å². The average Bonchev–Trinajstić information content (AvgIpc) is 2.32. The number of hydrogen-bond acceptors (Lipinski definition) is 3. The first-order valence-corrected chi connectivity index (χ1v) is 8.28. The number of aryl methyl sites for hydroxylation is 1. The molecule has 1 aromatic carbocycles. The van der Waals surface area contributed by atoms with E-state index < -0.39 is 10.0 Å². The lowest BCUT2D eigenvalue weighted by atomic mass is 10.1. The molecule has 4 nitrogen and oxygen atoms in total. The summed E-state index contributed by atoms with van der Waals surface area (Å²) in [6, 6.07) is 2.56. The summed E-state index contributed by atoms with van der Waals surface area (Å²) in [4.78, 5) is 0.110. The van der Waals surface area contributed by atoms with Crippen molar-refractivity contribution in [2.45, 2.75) is 51.6 Å². The third kappa shape index (κ3) is 4.54. The minimum atomic E-state index is -3.60. The molecule has 0 saturated heterocycles. The zero-order valence-corrected chi connectivity index (χ0v) is 13.3. The highest BCUT2D eigenvalue weighted by atomic mass is 32.2.